The summed E-state index contributed by atoms with van der Waals surface area (Å²) in [5.74, 6) is -1.67. The van der Waals surface area contributed by atoms with Gasteiger partial charge < -0.3 is 5.11 Å². The third kappa shape index (κ3) is 2.30. The number of aliphatic hydroxyl groups excluding tert-OH is 1. The fourth-order valence-corrected chi connectivity index (χ4v) is 3.13. The lowest BCUT2D eigenvalue weighted by atomic mass is 10.1. The highest BCUT2D eigenvalue weighted by molar-refractivity contribution is 7.19. The van der Waals surface area contributed by atoms with Crippen molar-refractivity contribution >= 4 is 21.4 Å². The van der Waals surface area contributed by atoms with E-state index in [-0.39, 0.29) is 11.4 Å². The molecule has 1 heterocycles. The van der Waals surface area contributed by atoms with Crippen molar-refractivity contribution in [2.75, 3.05) is 0 Å². The lowest BCUT2D eigenvalue weighted by Crippen LogP contribution is -2.01. The zero-order valence-corrected chi connectivity index (χ0v) is 10.9. The summed E-state index contributed by atoms with van der Waals surface area (Å²) in [5, 5.41) is 10.9. The monoisotopic (exact) mass is 294 g/mol. The third-order valence-electron chi connectivity index (χ3n) is 3.02. The number of thiophene rings is 1. The van der Waals surface area contributed by atoms with Crippen LogP contribution in [0.3, 0.4) is 0 Å². The van der Waals surface area contributed by atoms with E-state index in [0.717, 1.165) is 34.9 Å². The summed E-state index contributed by atoms with van der Waals surface area (Å²) in [7, 11) is 0. The minimum Gasteiger partial charge on any atom is -0.383 e. The molecule has 102 valence electrons. The Balaban J connectivity index is 2.07. The Morgan fingerprint density at radius 3 is 2.40 bits per heavy atom. The predicted molar refractivity (Wildman–Crippen MR) is 72.2 cm³/mol. The van der Waals surface area contributed by atoms with Crippen LogP contribution in [-0.4, -0.2) is 5.11 Å². The molecule has 3 aromatic rings. The molecule has 3 rings (SSSR count). The van der Waals surface area contributed by atoms with Crippen molar-refractivity contribution in [2.24, 2.45) is 0 Å². The largest absolute Gasteiger partial charge is 0.383 e. The molecule has 2 aromatic carbocycles. The second-order valence-corrected chi connectivity index (χ2v) is 5.51. The van der Waals surface area contributed by atoms with Crippen LogP contribution in [0.15, 0.2) is 42.5 Å². The molecule has 0 saturated heterocycles. The molecule has 0 aliphatic rings. The zero-order chi connectivity index (χ0) is 14.3. The molecular formula is C15H9F3OS. The van der Waals surface area contributed by atoms with E-state index in [1.54, 1.807) is 12.1 Å². The predicted octanol–water partition coefficient (Wildman–Crippen LogP) is 4.40. The van der Waals surface area contributed by atoms with Gasteiger partial charge in [-0.3, -0.25) is 0 Å². The highest BCUT2D eigenvalue weighted by Gasteiger charge is 2.18. The second kappa shape index (κ2) is 4.92. The topological polar surface area (TPSA) is 20.2 Å². The Morgan fingerprint density at radius 2 is 1.60 bits per heavy atom. The summed E-state index contributed by atoms with van der Waals surface area (Å²) >= 11 is 1.15. The van der Waals surface area contributed by atoms with Crippen LogP contribution in [0.5, 0.6) is 0 Å². The average molecular weight is 294 g/mol. The first-order valence-electron chi connectivity index (χ1n) is 5.86. The molecule has 0 amide bonds. The van der Waals surface area contributed by atoms with Gasteiger partial charge >= 0.3 is 0 Å². The van der Waals surface area contributed by atoms with Crippen LogP contribution in [0.1, 0.15) is 16.5 Å². The molecule has 1 nitrogen and oxygen atoms in total. The van der Waals surface area contributed by atoms with Crippen molar-refractivity contribution in [2.45, 2.75) is 6.10 Å². The van der Waals surface area contributed by atoms with E-state index >= 15 is 0 Å². The molecule has 1 atom stereocenters. The fourth-order valence-electron chi connectivity index (χ4n) is 2.04. The Hall–Kier alpha value is -1.85. The van der Waals surface area contributed by atoms with E-state index in [2.05, 4.69) is 0 Å². The van der Waals surface area contributed by atoms with Gasteiger partial charge in [0, 0.05) is 15.1 Å². The summed E-state index contributed by atoms with van der Waals surface area (Å²) in [5.41, 5.74) is -0.128. The maximum atomic E-state index is 13.6. The molecule has 0 fully saturated rings. The summed E-state index contributed by atoms with van der Waals surface area (Å²) < 4.78 is 40.6. The quantitative estimate of drug-likeness (QED) is 0.742. The summed E-state index contributed by atoms with van der Waals surface area (Å²) in [4.78, 5) is 0.440. The van der Waals surface area contributed by atoms with E-state index < -0.39 is 17.7 Å². The van der Waals surface area contributed by atoms with Gasteiger partial charge in [-0.05, 0) is 41.8 Å². The minimum atomic E-state index is -1.27. The van der Waals surface area contributed by atoms with Gasteiger partial charge in [0.1, 0.15) is 23.6 Å². The highest BCUT2D eigenvalue weighted by Crippen LogP contribution is 2.34. The van der Waals surface area contributed by atoms with Crippen molar-refractivity contribution in [1.82, 2.24) is 0 Å². The number of rotatable bonds is 2. The van der Waals surface area contributed by atoms with Crippen LogP contribution >= 0.6 is 11.3 Å². The van der Waals surface area contributed by atoms with Crippen LogP contribution in [-0.2, 0) is 0 Å². The SMILES string of the molecule is OC(c1cc2ccc(F)cc2s1)c1cc(F)ccc1F. The summed E-state index contributed by atoms with van der Waals surface area (Å²) in [6, 6.07) is 8.82. The number of fused-ring (bicyclic) bond motifs is 1. The summed E-state index contributed by atoms with van der Waals surface area (Å²) in [6.07, 6.45) is -1.27. The first kappa shape index (κ1) is 13.1. The number of halogens is 3. The average Bonchev–Trinajstić information content (AvgIpc) is 2.83. The molecule has 20 heavy (non-hydrogen) atoms. The number of benzene rings is 2. The first-order chi connectivity index (χ1) is 9.54. The molecule has 5 heteroatoms. The Labute approximate surface area is 116 Å². The lowest BCUT2D eigenvalue weighted by molar-refractivity contribution is 0.218. The van der Waals surface area contributed by atoms with E-state index in [9.17, 15) is 18.3 Å². The summed E-state index contributed by atoms with van der Waals surface area (Å²) in [6.45, 7) is 0. The molecule has 1 unspecified atom stereocenters. The van der Waals surface area contributed by atoms with Crippen molar-refractivity contribution in [1.29, 1.82) is 0 Å². The van der Waals surface area contributed by atoms with Gasteiger partial charge in [-0.25, -0.2) is 13.2 Å². The third-order valence-corrected chi connectivity index (χ3v) is 4.17. The van der Waals surface area contributed by atoms with Gasteiger partial charge in [-0.2, -0.15) is 0 Å². The number of hydrogen-bond acceptors (Lipinski definition) is 2. The second-order valence-electron chi connectivity index (χ2n) is 4.40. The molecule has 0 radical (unpaired) electrons. The van der Waals surface area contributed by atoms with Gasteiger partial charge in [0.05, 0.1) is 0 Å². The lowest BCUT2D eigenvalue weighted by Gasteiger charge is -2.09. The molecule has 1 N–H and O–H groups in total. The van der Waals surface area contributed by atoms with E-state index in [1.165, 1.54) is 12.1 Å². The van der Waals surface area contributed by atoms with E-state index in [1.807, 2.05) is 0 Å². The van der Waals surface area contributed by atoms with Crippen LogP contribution < -0.4 is 0 Å². The molecule has 1 aromatic heterocycles. The fraction of sp³-hybridized carbons (Fsp3) is 0.0667. The number of hydrogen-bond donors (Lipinski definition) is 1. The highest BCUT2D eigenvalue weighted by atomic mass is 32.1. The van der Waals surface area contributed by atoms with Gasteiger partial charge in [-0.15, -0.1) is 11.3 Å². The first-order valence-corrected chi connectivity index (χ1v) is 6.68. The Bertz CT molecular complexity index is 782. The van der Waals surface area contributed by atoms with Crippen molar-refractivity contribution in [3.05, 3.63) is 70.4 Å². The minimum absolute atomic E-state index is 0.128. The molecule has 0 bridgehead atoms. The van der Waals surface area contributed by atoms with Crippen LogP contribution in [0.25, 0.3) is 10.1 Å². The molecule has 0 aliphatic carbocycles. The van der Waals surface area contributed by atoms with Crippen molar-refractivity contribution < 1.29 is 18.3 Å². The number of aliphatic hydroxyl groups is 1. The Kier molecular flexibility index (Phi) is 3.23. The maximum absolute atomic E-state index is 13.6. The van der Waals surface area contributed by atoms with Crippen LogP contribution in [0, 0.1) is 17.5 Å². The van der Waals surface area contributed by atoms with Gasteiger partial charge in [-0.1, -0.05) is 6.07 Å². The Morgan fingerprint density at radius 1 is 0.900 bits per heavy atom. The van der Waals surface area contributed by atoms with Crippen molar-refractivity contribution in [3.63, 3.8) is 0 Å². The smallest absolute Gasteiger partial charge is 0.129 e. The molecular weight excluding hydrogens is 285 g/mol. The van der Waals surface area contributed by atoms with Crippen LogP contribution in [0.4, 0.5) is 13.2 Å². The van der Waals surface area contributed by atoms with E-state index in [4.69, 9.17) is 0 Å². The van der Waals surface area contributed by atoms with E-state index in [0.29, 0.717) is 9.58 Å². The van der Waals surface area contributed by atoms with Crippen LogP contribution in [0.2, 0.25) is 0 Å². The van der Waals surface area contributed by atoms with Crippen molar-refractivity contribution in [3.8, 4) is 0 Å². The zero-order valence-electron chi connectivity index (χ0n) is 10.1. The maximum Gasteiger partial charge on any atom is 0.129 e. The molecule has 0 saturated carbocycles. The molecule has 0 spiro atoms. The standard InChI is InChI=1S/C15H9F3OS/c16-9-3-4-12(18)11(6-9)15(19)14-5-8-1-2-10(17)7-13(8)20-14/h1-7,15,19H. The molecule has 0 aliphatic heterocycles. The normalized spacial score (nSPS) is 12.8. The van der Waals surface area contributed by atoms with Gasteiger partial charge in [0.2, 0.25) is 0 Å². The van der Waals surface area contributed by atoms with Gasteiger partial charge in [0.15, 0.2) is 0 Å². The van der Waals surface area contributed by atoms with Gasteiger partial charge in [0.25, 0.3) is 0 Å².